The van der Waals surface area contributed by atoms with Gasteiger partial charge >= 0.3 is 0 Å². The molecule has 0 aliphatic heterocycles. The highest BCUT2D eigenvalue weighted by Gasteiger charge is 2.22. The summed E-state index contributed by atoms with van der Waals surface area (Å²) in [6.45, 7) is 2.84. The average molecular weight is 539 g/mol. The molecule has 2 aromatic carbocycles. The molecular weight excluding hydrogens is 506 g/mol. The van der Waals surface area contributed by atoms with Gasteiger partial charge in [0.25, 0.3) is 0 Å². The van der Waals surface area contributed by atoms with Crippen molar-refractivity contribution in [3.05, 3.63) is 107 Å². The van der Waals surface area contributed by atoms with Crippen molar-refractivity contribution in [3.63, 3.8) is 0 Å². The Morgan fingerprint density at radius 1 is 1.05 bits per heavy atom. The Morgan fingerprint density at radius 2 is 1.84 bits per heavy atom. The summed E-state index contributed by atoms with van der Waals surface area (Å²) in [5.41, 5.74) is 4.38. The predicted octanol–water partition coefficient (Wildman–Crippen LogP) is 4.29. The largest absolute Gasteiger partial charge is 0.390 e. The second-order valence-corrected chi connectivity index (χ2v) is 10.2. The number of fused-ring (bicyclic) bond motifs is 1. The fourth-order valence-electron chi connectivity index (χ4n) is 4.29. The van der Waals surface area contributed by atoms with E-state index in [-0.39, 0.29) is 24.6 Å². The smallest absolute Gasteiger partial charge is 0.230 e. The van der Waals surface area contributed by atoms with E-state index in [1.165, 1.54) is 29.5 Å². The molecule has 0 radical (unpaired) electrons. The van der Waals surface area contributed by atoms with Crippen molar-refractivity contribution in [3.8, 4) is 0 Å². The quantitative estimate of drug-likeness (QED) is 0.237. The van der Waals surface area contributed by atoms with Gasteiger partial charge in [-0.25, -0.2) is 13.8 Å². The number of carbonyl (C=O) groups excluding carboxylic acids is 1. The van der Waals surface area contributed by atoms with Gasteiger partial charge in [-0.05, 0) is 53.8 Å². The van der Waals surface area contributed by atoms with Crippen LogP contribution in [0, 0.1) is 11.6 Å². The summed E-state index contributed by atoms with van der Waals surface area (Å²) in [5, 5.41) is 17.0. The molecule has 0 aliphatic carbocycles. The molecular formula is C29H32F2N4O2S. The first kappa shape index (κ1) is 27.8. The van der Waals surface area contributed by atoms with Crippen molar-refractivity contribution in [1.29, 1.82) is 0 Å². The maximum atomic E-state index is 13.8. The zero-order valence-electron chi connectivity index (χ0n) is 21.2. The van der Waals surface area contributed by atoms with Gasteiger partial charge < -0.3 is 20.1 Å². The highest BCUT2D eigenvalue weighted by Crippen LogP contribution is 2.15. The number of carbonyl (C=O) groups is 1. The summed E-state index contributed by atoms with van der Waals surface area (Å²) >= 11 is 1.41. The summed E-state index contributed by atoms with van der Waals surface area (Å²) in [7, 11) is 0. The van der Waals surface area contributed by atoms with E-state index in [2.05, 4.69) is 34.7 Å². The zero-order valence-corrected chi connectivity index (χ0v) is 22.1. The van der Waals surface area contributed by atoms with Gasteiger partial charge in [-0.15, -0.1) is 11.8 Å². The normalized spacial score (nSPS) is 12.9. The summed E-state index contributed by atoms with van der Waals surface area (Å²) in [4.78, 5) is 17.3. The number of hydrogen-bond acceptors (Lipinski definition) is 5. The van der Waals surface area contributed by atoms with E-state index in [0.29, 0.717) is 17.9 Å². The molecule has 0 saturated heterocycles. The van der Waals surface area contributed by atoms with Crippen LogP contribution in [0.3, 0.4) is 0 Å². The number of aryl methyl sites for hydroxylation is 1. The lowest BCUT2D eigenvalue weighted by molar-refractivity contribution is -0.120. The molecule has 4 aromatic rings. The number of pyridine rings is 1. The molecule has 38 heavy (non-hydrogen) atoms. The third-order valence-corrected chi connectivity index (χ3v) is 7.13. The second kappa shape index (κ2) is 13.5. The van der Waals surface area contributed by atoms with Gasteiger partial charge in [-0.1, -0.05) is 37.3 Å². The number of nitrogens with one attached hydrogen (secondary N) is 2. The number of nitrogens with zero attached hydrogens (tertiary/aromatic N) is 2. The maximum absolute atomic E-state index is 13.8. The minimum atomic E-state index is -0.969. The molecule has 4 rings (SSSR count). The first-order chi connectivity index (χ1) is 18.4. The van der Waals surface area contributed by atoms with E-state index in [0.717, 1.165) is 29.4 Å². The van der Waals surface area contributed by atoms with Crippen LogP contribution in [0.5, 0.6) is 0 Å². The Labute approximate surface area is 225 Å². The van der Waals surface area contributed by atoms with Crippen LogP contribution in [0.25, 0.3) is 5.65 Å². The van der Waals surface area contributed by atoms with Crippen LogP contribution in [-0.4, -0.2) is 44.8 Å². The standard InChI is InChI=1S/C29H32F2N4O2S/c1-2-20-6-5-7-21(10-20)15-32-16-27(36)26(13-22-11-23(30)14-24(31)12-22)34-29(37)19-38-18-25-17-35-9-4-3-8-28(35)33-25/h3-12,14,17,26-27,32,36H,2,13,15-16,18-19H2,1H3,(H,34,37)/t26-,27-/m0/s1. The number of aliphatic hydroxyl groups excluding tert-OH is 1. The third-order valence-electron chi connectivity index (χ3n) is 6.17. The topological polar surface area (TPSA) is 78.7 Å². The Morgan fingerprint density at radius 3 is 2.61 bits per heavy atom. The molecule has 3 N–H and O–H groups in total. The number of amides is 1. The third kappa shape index (κ3) is 8.11. The van der Waals surface area contributed by atoms with E-state index >= 15 is 0 Å². The van der Waals surface area contributed by atoms with Crippen LogP contribution in [0.15, 0.2) is 73.1 Å². The molecule has 200 valence electrons. The van der Waals surface area contributed by atoms with Crippen LogP contribution in [-0.2, 0) is 29.9 Å². The van der Waals surface area contributed by atoms with E-state index in [1.807, 2.05) is 47.1 Å². The second-order valence-electron chi connectivity index (χ2n) is 9.22. The highest BCUT2D eigenvalue weighted by atomic mass is 32.2. The van der Waals surface area contributed by atoms with Crippen molar-refractivity contribution in [2.75, 3.05) is 12.3 Å². The molecule has 9 heteroatoms. The number of hydrogen-bond donors (Lipinski definition) is 3. The van der Waals surface area contributed by atoms with Crippen molar-refractivity contribution in [2.24, 2.45) is 0 Å². The molecule has 0 spiro atoms. The first-order valence-corrected chi connectivity index (χ1v) is 13.8. The summed E-state index contributed by atoms with van der Waals surface area (Å²) in [6, 6.07) is 16.4. The fourth-order valence-corrected chi connectivity index (χ4v) is 5.00. The van der Waals surface area contributed by atoms with E-state index in [9.17, 15) is 18.7 Å². The number of benzene rings is 2. The molecule has 0 unspecified atom stereocenters. The van der Waals surface area contributed by atoms with Gasteiger partial charge in [-0.3, -0.25) is 4.79 Å². The predicted molar refractivity (Wildman–Crippen MR) is 147 cm³/mol. The molecule has 0 saturated carbocycles. The van der Waals surface area contributed by atoms with Crippen molar-refractivity contribution >= 4 is 23.3 Å². The van der Waals surface area contributed by atoms with Gasteiger partial charge in [0, 0.05) is 37.3 Å². The van der Waals surface area contributed by atoms with E-state index in [4.69, 9.17) is 0 Å². The fraction of sp³-hybridized carbons (Fsp3) is 0.310. The number of rotatable bonds is 13. The Kier molecular flexibility index (Phi) is 9.86. The lowest BCUT2D eigenvalue weighted by atomic mass is 10.0. The number of aromatic nitrogens is 2. The Hall–Kier alpha value is -3.27. The van der Waals surface area contributed by atoms with Crippen LogP contribution in [0.1, 0.15) is 29.3 Å². The molecule has 2 aromatic heterocycles. The number of thioether (sulfide) groups is 1. The molecule has 0 fully saturated rings. The molecule has 6 nitrogen and oxygen atoms in total. The lowest BCUT2D eigenvalue weighted by Gasteiger charge is -2.25. The first-order valence-electron chi connectivity index (χ1n) is 12.6. The van der Waals surface area contributed by atoms with Crippen molar-refractivity contribution < 1.29 is 18.7 Å². The van der Waals surface area contributed by atoms with Crippen LogP contribution in [0.2, 0.25) is 0 Å². The molecule has 2 heterocycles. The summed E-state index contributed by atoms with van der Waals surface area (Å²) < 4.78 is 29.5. The summed E-state index contributed by atoms with van der Waals surface area (Å²) in [5.74, 6) is -0.954. The zero-order chi connectivity index (χ0) is 26.9. The minimum Gasteiger partial charge on any atom is -0.390 e. The van der Waals surface area contributed by atoms with Gasteiger partial charge in [0.1, 0.15) is 17.3 Å². The van der Waals surface area contributed by atoms with E-state index in [1.54, 1.807) is 0 Å². The summed E-state index contributed by atoms with van der Waals surface area (Å²) in [6.07, 6.45) is 3.89. The maximum Gasteiger partial charge on any atom is 0.230 e. The van der Waals surface area contributed by atoms with Crippen molar-refractivity contribution in [1.82, 2.24) is 20.0 Å². The highest BCUT2D eigenvalue weighted by molar-refractivity contribution is 7.99. The lowest BCUT2D eigenvalue weighted by Crippen LogP contribution is -2.49. The molecule has 0 bridgehead atoms. The average Bonchev–Trinajstić information content (AvgIpc) is 3.30. The van der Waals surface area contributed by atoms with Crippen molar-refractivity contribution in [2.45, 2.75) is 44.2 Å². The number of aliphatic hydroxyl groups is 1. The van der Waals surface area contributed by atoms with Gasteiger partial charge in [-0.2, -0.15) is 0 Å². The minimum absolute atomic E-state index is 0.0890. The molecule has 0 aliphatic rings. The Bertz CT molecular complexity index is 1310. The monoisotopic (exact) mass is 538 g/mol. The van der Waals surface area contributed by atoms with E-state index < -0.39 is 23.8 Å². The van der Waals surface area contributed by atoms with Crippen LogP contribution >= 0.6 is 11.8 Å². The van der Waals surface area contributed by atoms with Gasteiger partial charge in [0.2, 0.25) is 5.91 Å². The molecule has 2 atom stereocenters. The van der Waals surface area contributed by atoms with Gasteiger partial charge in [0.05, 0.1) is 23.6 Å². The van der Waals surface area contributed by atoms with Crippen LogP contribution in [0.4, 0.5) is 8.78 Å². The van der Waals surface area contributed by atoms with Crippen LogP contribution < -0.4 is 10.6 Å². The number of imidazole rings is 1. The van der Waals surface area contributed by atoms with Gasteiger partial charge in [0.15, 0.2) is 0 Å². The SMILES string of the molecule is CCc1cccc(CNC[C@H](O)[C@H](Cc2cc(F)cc(F)c2)NC(=O)CSCc2cn3ccccc3n2)c1. The Balaban J connectivity index is 1.34. The number of halogens is 2. The molecule has 1 amide bonds.